The normalized spacial score (nSPS) is 21.7. The van der Waals surface area contributed by atoms with E-state index in [0.717, 1.165) is 0 Å². The number of carbonyl (C=O) groups is 2. The average Bonchev–Trinajstić information content (AvgIpc) is 2.85. The Morgan fingerprint density at radius 1 is 0.967 bits per heavy atom. The van der Waals surface area contributed by atoms with Gasteiger partial charge in [-0.05, 0) is 0 Å². The van der Waals surface area contributed by atoms with Gasteiger partial charge in [-0.1, -0.05) is 6.10 Å². The Labute approximate surface area is 172 Å². The Balaban J connectivity index is 2.17. The van der Waals surface area contributed by atoms with E-state index in [0.29, 0.717) is 11.4 Å². The van der Waals surface area contributed by atoms with Crippen LogP contribution in [0.25, 0.3) is 0 Å². The van der Waals surface area contributed by atoms with Gasteiger partial charge >= 0.3 is 0 Å². The number of benzene rings is 1. The van der Waals surface area contributed by atoms with Gasteiger partial charge in [-0.15, -0.1) is 0 Å². The van der Waals surface area contributed by atoms with E-state index in [4.69, 9.17) is 0 Å². The van der Waals surface area contributed by atoms with E-state index in [9.17, 15) is 35.1 Å². The van der Waals surface area contributed by atoms with Crippen LogP contribution >= 0.6 is 0 Å². The standard InChI is InChI=1S/C21H21N2O7/c1-22(2)9-5-11(24)15(12(25)6-9)17-19(28)18(21(30)20(17)29)16-13(26)7-10(23(3)4)8-14(16)27/h5-8,17,19H,1-4H3,(H3,24,25,26,27)/q-1/p+1. The van der Waals surface area contributed by atoms with Crippen LogP contribution in [0.2, 0.25) is 0 Å². The number of aliphatic hydroxyl groups excluding tert-OH is 2. The molecule has 158 valence electrons. The van der Waals surface area contributed by atoms with Gasteiger partial charge in [-0.25, -0.2) is 4.58 Å². The number of nitrogens with zero attached hydrogens (tertiary/aromatic N) is 2. The molecule has 0 spiro atoms. The first-order valence-corrected chi connectivity index (χ1v) is 9.03. The second-order valence-electron chi connectivity index (χ2n) is 7.55. The predicted octanol–water partition coefficient (Wildman–Crippen LogP) is 0.0352. The summed E-state index contributed by atoms with van der Waals surface area (Å²) in [6.07, 6.45) is 0.454. The minimum absolute atomic E-state index is 0.363. The van der Waals surface area contributed by atoms with Crippen molar-refractivity contribution in [3.8, 4) is 11.5 Å². The van der Waals surface area contributed by atoms with Gasteiger partial charge in [-0.2, -0.15) is 0 Å². The molecule has 9 nitrogen and oxygen atoms in total. The van der Waals surface area contributed by atoms with Crippen LogP contribution < -0.4 is 10.0 Å². The summed E-state index contributed by atoms with van der Waals surface area (Å²) in [5, 5.41) is 54.5. The first-order valence-electron chi connectivity index (χ1n) is 9.03. The number of aromatic hydroxyl groups is 2. The molecule has 2 aliphatic carbocycles. The van der Waals surface area contributed by atoms with E-state index in [2.05, 4.69) is 0 Å². The van der Waals surface area contributed by atoms with Gasteiger partial charge in [0.05, 0.1) is 17.7 Å². The molecule has 0 aliphatic heterocycles. The molecular weight excluding hydrogens is 392 g/mol. The van der Waals surface area contributed by atoms with Gasteiger partial charge in [0, 0.05) is 49.0 Å². The molecule has 3 rings (SSSR count). The number of hydrogen-bond donors (Lipinski definition) is 4. The summed E-state index contributed by atoms with van der Waals surface area (Å²) in [4.78, 5) is 26.9. The molecule has 1 aromatic rings. The summed E-state index contributed by atoms with van der Waals surface area (Å²) < 4.78 is 1.59. The van der Waals surface area contributed by atoms with E-state index >= 15 is 0 Å². The van der Waals surface area contributed by atoms with Crippen molar-refractivity contribution in [1.29, 1.82) is 0 Å². The largest absolute Gasteiger partial charge is 0.848 e. The van der Waals surface area contributed by atoms with Gasteiger partial charge in [0.25, 0.3) is 0 Å². The van der Waals surface area contributed by atoms with Gasteiger partial charge < -0.3 is 30.4 Å². The molecule has 30 heavy (non-hydrogen) atoms. The fourth-order valence-corrected chi connectivity index (χ4v) is 3.56. The van der Waals surface area contributed by atoms with Crippen molar-refractivity contribution in [3.63, 3.8) is 0 Å². The Morgan fingerprint density at radius 2 is 1.47 bits per heavy atom. The molecule has 0 bridgehead atoms. The van der Waals surface area contributed by atoms with Crippen LogP contribution in [-0.2, 0) is 9.59 Å². The van der Waals surface area contributed by atoms with Gasteiger partial charge in [0.1, 0.15) is 37.1 Å². The lowest BCUT2D eigenvalue weighted by Crippen LogP contribution is -2.32. The zero-order chi connectivity index (χ0) is 22.5. The van der Waals surface area contributed by atoms with E-state index in [1.165, 1.54) is 24.3 Å². The molecule has 4 N–H and O–H groups in total. The number of anilines is 1. The number of rotatable bonds is 2. The van der Waals surface area contributed by atoms with E-state index in [-0.39, 0.29) is 5.56 Å². The fourth-order valence-electron chi connectivity index (χ4n) is 3.56. The number of phenols is 2. The quantitative estimate of drug-likeness (QED) is 0.302. The molecule has 2 unspecified atom stereocenters. The van der Waals surface area contributed by atoms with Crippen LogP contribution in [0.3, 0.4) is 0 Å². The van der Waals surface area contributed by atoms with Crippen LogP contribution in [0.5, 0.6) is 11.5 Å². The lowest BCUT2D eigenvalue weighted by atomic mass is 9.90. The number of hydrogen-bond acceptors (Lipinski definition) is 8. The molecular formula is C21H22N2O7. The van der Waals surface area contributed by atoms with Gasteiger partial charge in [0.15, 0.2) is 0 Å². The Morgan fingerprint density at radius 3 is 1.90 bits per heavy atom. The predicted molar refractivity (Wildman–Crippen MR) is 106 cm³/mol. The smallest absolute Gasteiger partial charge is 0.225 e. The maximum atomic E-state index is 13.1. The number of carbonyl (C=O) groups excluding carboxylic acids is 2. The minimum atomic E-state index is -2.05. The van der Waals surface area contributed by atoms with E-state index in [1.54, 1.807) is 37.7 Å². The van der Waals surface area contributed by atoms with Crippen LogP contribution in [0.4, 0.5) is 5.69 Å². The van der Waals surface area contributed by atoms with Crippen molar-refractivity contribution < 1.29 is 39.7 Å². The van der Waals surface area contributed by atoms with Crippen LogP contribution in [0.1, 0.15) is 11.5 Å². The highest BCUT2D eigenvalue weighted by Crippen LogP contribution is 2.45. The third kappa shape index (κ3) is 3.22. The van der Waals surface area contributed by atoms with Crippen molar-refractivity contribution in [1.82, 2.24) is 0 Å². The van der Waals surface area contributed by atoms with Gasteiger partial charge in [0.2, 0.25) is 17.3 Å². The van der Waals surface area contributed by atoms with Crippen molar-refractivity contribution in [2.75, 3.05) is 33.1 Å². The summed E-state index contributed by atoms with van der Waals surface area (Å²) in [6, 6.07) is 2.52. The second kappa shape index (κ2) is 7.34. The van der Waals surface area contributed by atoms with Crippen LogP contribution in [-0.4, -0.2) is 76.6 Å². The van der Waals surface area contributed by atoms with Crippen molar-refractivity contribution in [3.05, 3.63) is 52.5 Å². The van der Waals surface area contributed by atoms with Crippen molar-refractivity contribution in [2.45, 2.75) is 12.0 Å². The molecule has 0 amide bonds. The summed E-state index contributed by atoms with van der Waals surface area (Å²) in [5.41, 5.74) is -0.560. The number of ketones is 2. The highest BCUT2D eigenvalue weighted by atomic mass is 16.3. The lowest BCUT2D eigenvalue weighted by molar-refractivity contribution is -0.462. The van der Waals surface area contributed by atoms with E-state index in [1.807, 2.05) is 0 Å². The van der Waals surface area contributed by atoms with Crippen LogP contribution in [0.15, 0.2) is 46.9 Å². The third-order valence-corrected chi connectivity index (χ3v) is 5.15. The summed E-state index contributed by atoms with van der Waals surface area (Å²) >= 11 is 0. The molecule has 1 fully saturated rings. The first-order chi connectivity index (χ1) is 14.0. The Kier molecular flexibility index (Phi) is 5.17. The number of allylic oxidation sites excluding steroid dienone is 2. The topological polar surface area (TPSA) is 144 Å². The molecule has 0 aromatic heterocycles. The van der Waals surface area contributed by atoms with E-state index < -0.39 is 57.8 Å². The molecule has 0 heterocycles. The zero-order valence-corrected chi connectivity index (χ0v) is 16.9. The Hall–Kier alpha value is -3.59. The SMILES string of the molecule is CN(C)c1cc(O)c(C2C(=O)C(=O)C(=C3C(O)=CC(=[N+](C)C)C=C3O)C2[O-])c(O)c1. The third-order valence-electron chi connectivity index (χ3n) is 5.15. The molecule has 2 atom stereocenters. The zero-order valence-electron chi connectivity index (χ0n) is 16.9. The summed E-state index contributed by atoms with van der Waals surface area (Å²) in [6.45, 7) is 0. The molecule has 2 aliphatic rings. The number of phenolic OH excluding ortho intramolecular Hbond substituents is 2. The van der Waals surface area contributed by atoms with Crippen molar-refractivity contribution >= 4 is 23.0 Å². The summed E-state index contributed by atoms with van der Waals surface area (Å²) in [5.74, 6) is -6.11. The van der Waals surface area contributed by atoms with Gasteiger partial charge in [-0.3, -0.25) is 9.59 Å². The number of Topliss-reactive ketones (excluding diaryl/α,β-unsaturated/α-hetero) is 2. The average molecular weight is 414 g/mol. The maximum Gasteiger partial charge on any atom is 0.225 e. The minimum Gasteiger partial charge on any atom is -0.848 e. The molecule has 1 saturated carbocycles. The Bertz CT molecular complexity index is 1040. The molecule has 1 aromatic carbocycles. The lowest BCUT2D eigenvalue weighted by Gasteiger charge is -2.27. The molecule has 9 heteroatoms. The summed E-state index contributed by atoms with van der Waals surface area (Å²) in [7, 11) is 6.67. The maximum absolute atomic E-state index is 13.1. The molecule has 0 radical (unpaired) electrons. The number of aliphatic hydroxyl groups is 2. The first kappa shape index (κ1) is 21.1. The fraction of sp³-hybridized carbons (Fsp3) is 0.286. The second-order valence-corrected chi connectivity index (χ2v) is 7.55. The highest BCUT2D eigenvalue weighted by Gasteiger charge is 2.45. The van der Waals surface area contributed by atoms with Crippen LogP contribution in [0, 0.1) is 0 Å². The molecule has 0 saturated heterocycles. The monoisotopic (exact) mass is 414 g/mol. The van der Waals surface area contributed by atoms with Crippen molar-refractivity contribution in [2.24, 2.45) is 0 Å². The highest BCUT2D eigenvalue weighted by molar-refractivity contribution is 6.49.